The number of ether oxygens (including phenoxy) is 1. The summed E-state index contributed by atoms with van der Waals surface area (Å²) in [5.41, 5.74) is 2.95. The van der Waals surface area contributed by atoms with E-state index in [-0.39, 0.29) is 0 Å². The Morgan fingerprint density at radius 2 is 2.00 bits per heavy atom. The molecule has 1 N–H and O–H groups in total. The van der Waals surface area contributed by atoms with Crippen LogP contribution in [-0.2, 0) is 4.74 Å². The van der Waals surface area contributed by atoms with Gasteiger partial charge in [0.15, 0.2) is 0 Å². The van der Waals surface area contributed by atoms with E-state index in [1.54, 1.807) is 18.6 Å². The highest BCUT2D eigenvalue weighted by Gasteiger charge is 2.29. The fourth-order valence-electron chi connectivity index (χ4n) is 2.93. The monoisotopic (exact) mass is 326 g/mol. The lowest BCUT2D eigenvalue weighted by Gasteiger charge is -2.26. The van der Waals surface area contributed by atoms with E-state index in [1.165, 1.54) is 12.8 Å². The molecule has 2 aromatic rings. The van der Waals surface area contributed by atoms with Gasteiger partial charge in [0.05, 0.1) is 30.8 Å². The minimum absolute atomic E-state index is 0.532. The molecule has 2 fully saturated rings. The van der Waals surface area contributed by atoms with Gasteiger partial charge in [-0.05, 0) is 12.8 Å². The van der Waals surface area contributed by atoms with Crippen molar-refractivity contribution >= 4 is 5.95 Å². The Bertz CT molecular complexity index is 670. The lowest BCUT2D eigenvalue weighted by Crippen LogP contribution is -2.39. The van der Waals surface area contributed by atoms with Crippen LogP contribution in [0.1, 0.15) is 24.5 Å². The molecule has 3 heterocycles. The predicted octanol–water partition coefficient (Wildman–Crippen LogP) is 1.56. The van der Waals surface area contributed by atoms with Gasteiger partial charge in [0.25, 0.3) is 0 Å². The smallest absolute Gasteiger partial charge is 0.222 e. The van der Waals surface area contributed by atoms with Crippen LogP contribution in [0.15, 0.2) is 24.8 Å². The summed E-state index contributed by atoms with van der Waals surface area (Å²) in [5.74, 6) is 1.24. The average molecular weight is 326 g/mol. The lowest BCUT2D eigenvalue weighted by molar-refractivity contribution is 0.0398. The first-order chi connectivity index (χ1) is 11.9. The second-order valence-corrected chi connectivity index (χ2v) is 6.24. The molecule has 1 saturated heterocycles. The molecule has 1 aliphatic heterocycles. The van der Waals surface area contributed by atoms with Crippen molar-refractivity contribution in [3.05, 3.63) is 30.5 Å². The van der Waals surface area contributed by atoms with Crippen molar-refractivity contribution in [2.24, 2.45) is 0 Å². The zero-order valence-electron chi connectivity index (χ0n) is 13.7. The highest BCUT2D eigenvalue weighted by Crippen LogP contribution is 2.42. The third-order valence-corrected chi connectivity index (χ3v) is 4.44. The van der Waals surface area contributed by atoms with Gasteiger partial charge in [-0.1, -0.05) is 0 Å². The molecule has 24 heavy (non-hydrogen) atoms. The van der Waals surface area contributed by atoms with Crippen molar-refractivity contribution in [2.75, 3.05) is 44.7 Å². The quantitative estimate of drug-likeness (QED) is 0.863. The summed E-state index contributed by atoms with van der Waals surface area (Å²) in [6.07, 6.45) is 9.43. The molecule has 0 aromatic carbocycles. The molecule has 7 nitrogen and oxygen atoms in total. The number of rotatable bonds is 6. The number of hydrogen-bond donors (Lipinski definition) is 1. The van der Waals surface area contributed by atoms with Gasteiger partial charge in [0.2, 0.25) is 5.95 Å². The minimum Gasteiger partial charge on any atom is -0.379 e. The summed E-state index contributed by atoms with van der Waals surface area (Å²) in [7, 11) is 0. The maximum atomic E-state index is 5.37. The van der Waals surface area contributed by atoms with Gasteiger partial charge in [-0.2, -0.15) is 0 Å². The molecular formula is C17H22N6O. The summed E-state index contributed by atoms with van der Waals surface area (Å²) in [6.45, 7) is 5.49. The summed E-state index contributed by atoms with van der Waals surface area (Å²) < 4.78 is 5.37. The number of anilines is 1. The van der Waals surface area contributed by atoms with E-state index in [9.17, 15) is 0 Å². The third kappa shape index (κ3) is 3.68. The van der Waals surface area contributed by atoms with Gasteiger partial charge in [-0.15, -0.1) is 0 Å². The SMILES string of the molecule is c1cnc(-c2cnc(NCCN3CCOCC3)nc2C2CC2)cn1. The van der Waals surface area contributed by atoms with Crippen molar-refractivity contribution in [1.29, 1.82) is 0 Å². The minimum atomic E-state index is 0.532. The predicted molar refractivity (Wildman–Crippen MR) is 90.8 cm³/mol. The first-order valence-electron chi connectivity index (χ1n) is 8.57. The molecule has 2 aromatic heterocycles. The molecule has 0 amide bonds. The Hall–Kier alpha value is -2.12. The van der Waals surface area contributed by atoms with Gasteiger partial charge >= 0.3 is 0 Å². The zero-order chi connectivity index (χ0) is 16.2. The molecule has 1 aliphatic carbocycles. The zero-order valence-corrected chi connectivity index (χ0v) is 13.7. The maximum absolute atomic E-state index is 5.37. The van der Waals surface area contributed by atoms with Crippen molar-refractivity contribution in [3.8, 4) is 11.3 Å². The molecule has 0 unspecified atom stereocenters. The molecule has 0 spiro atoms. The van der Waals surface area contributed by atoms with Crippen LogP contribution < -0.4 is 5.32 Å². The van der Waals surface area contributed by atoms with Crippen LogP contribution in [0.2, 0.25) is 0 Å². The van der Waals surface area contributed by atoms with Crippen LogP contribution in [0.3, 0.4) is 0 Å². The van der Waals surface area contributed by atoms with Crippen molar-refractivity contribution in [3.63, 3.8) is 0 Å². The van der Waals surface area contributed by atoms with Crippen LogP contribution in [0.5, 0.6) is 0 Å². The van der Waals surface area contributed by atoms with Crippen LogP contribution in [0, 0.1) is 0 Å². The largest absolute Gasteiger partial charge is 0.379 e. The Balaban J connectivity index is 1.44. The van der Waals surface area contributed by atoms with Crippen molar-refractivity contribution in [1.82, 2.24) is 24.8 Å². The van der Waals surface area contributed by atoms with E-state index >= 15 is 0 Å². The van der Waals surface area contributed by atoms with Gasteiger partial charge in [-0.25, -0.2) is 9.97 Å². The molecular weight excluding hydrogens is 304 g/mol. The third-order valence-electron chi connectivity index (χ3n) is 4.44. The molecule has 1 saturated carbocycles. The second kappa shape index (κ2) is 7.19. The van der Waals surface area contributed by atoms with Crippen LogP contribution >= 0.6 is 0 Å². The average Bonchev–Trinajstić information content (AvgIpc) is 3.48. The number of aromatic nitrogens is 4. The molecule has 0 atom stereocenters. The fourth-order valence-corrected chi connectivity index (χ4v) is 2.93. The second-order valence-electron chi connectivity index (χ2n) is 6.24. The molecule has 7 heteroatoms. The van der Waals surface area contributed by atoms with Crippen molar-refractivity contribution < 1.29 is 4.74 Å². The first kappa shape index (κ1) is 15.4. The van der Waals surface area contributed by atoms with E-state index < -0.39 is 0 Å². The van der Waals surface area contributed by atoms with E-state index in [1.807, 2.05) is 6.20 Å². The standard InChI is InChI=1S/C17H22N6O/c1-2-13(1)16-14(15-12-18-3-4-19-15)11-21-17(22-16)20-5-6-23-7-9-24-10-8-23/h3-4,11-13H,1-2,5-10H2,(H,20,21,22). The highest BCUT2D eigenvalue weighted by molar-refractivity contribution is 5.62. The maximum Gasteiger partial charge on any atom is 0.222 e. The molecule has 2 aliphatic rings. The molecule has 0 radical (unpaired) electrons. The van der Waals surface area contributed by atoms with Crippen LogP contribution in [-0.4, -0.2) is 64.2 Å². The fraction of sp³-hybridized carbons (Fsp3) is 0.529. The van der Waals surface area contributed by atoms with E-state index in [0.717, 1.165) is 56.3 Å². The van der Waals surface area contributed by atoms with E-state index in [0.29, 0.717) is 11.9 Å². The number of hydrogen-bond acceptors (Lipinski definition) is 7. The van der Waals surface area contributed by atoms with Gasteiger partial charge in [0.1, 0.15) is 0 Å². The highest BCUT2D eigenvalue weighted by atomic mass is 16.5. The summed E-state index contributed by atoms with van der Waals surface area (Å²) in [6, 6.07) is 0. The topological polar surface area (TPSA) is 76.1 Å². The summed E-state index contributed by atoms with van der Waals surface area (Å²) in [4.78, 5) is 20.2. The van der Waals surface area contributed by atoms with Gasteiger partial charge in [-0.3, -0.25) is 14.9 Å². The lowest BCUT2D eigenvalue weighted by atomic mass is 10.1. The first-order valence-corrected chi connectivity index (χ1v) is 8.57. The Labute approximate surface area is 141 Å². The molecule has 0 bridgehead atoms. The van der Waals surface area contributed by atoms with Crippen LogP contribution in [0.4, 0.5) is 5.95 Å². The Kier molecular flexibility index (Phi) is 4.62. The Morgan fingerprint density at radius 1 is 1.12 bits per heavy atom. The molecule has 4 rings (SSSR count). The van der Waals surface area contributed by atoms with Gasteiger partial charge in [0, 0.05) is 56.3 Å². The van der Waals surface area contributed by atoms with Crippen LogP contribution in [0.25, 0.3) is 11.3 Å². The normalized spacial score (nSPS) is 18.5. The van der Waals surface area contributed by atoms with Crippen molar-refractivity contribution in [2.45, 2.75) is 18.8 Å². The number of nitrogens with zero attached hydrogens (tertiary/aromatic N) is 5. The van der Waals surface area contributed by atoms with E-state index in [4.69, 9.17) is 9.72 Å². The number of nitrogens with one attached hydrogen (secondary N) is 1. The summed E-state index contributed by atoms with van der Waals surface area (Å²) >= 11 is 0. The van der Waals surface area contributed by atoms with E-state index in [2.05, 4.69) is 25.2 Å². The molecule has 126 valence electrons. The Morgan fingerprint density at radius 3 is 2.75 bits per heavy atom. The number of morpholine rings is 1. The summed E-state index contributed by atoms with van der Waals surface area (Å²) in [5, 5.41) is 3.35. The van der Waals surface area contributed by atoms with Gasteiger partial charge < -0.3 is 10.1 Å².